The predicted molar refractivity (Wildman–Crippen MR) is 143 cm³/mol. The Morgan fingerprint density at radius 2 is 1.60 bits per heavy atom. The van der Waals surface area contributed by atoms with Gasteiger partial charge < -0.3 is 15.5 Å². The summed E-state index contributed by atoms with van der Waals surface area (Å²) in [5, 5.41) is 5.77. The highest BCUT2D eigenvalue weighted by molar-refractivity contribution is 7.93. The molecule has 0 aromatic heterocycles. The number of carbonyl (C=O) groups excluding carboxylic acids is 1. The third-order valence-corrected chi connectivity index (χ3v) is 7.44. The molecule has 1 aliphatic heterocycles. The van der Waals surface area contributed by atoms with E-state index in [0.29, 0.717) is 28.2 Å². The minimum absolute atomic E-state index is 0.251. The molecule has 1 aliphatic rings. The normalized spacial score (nSPS) is 14.6. The Balaban J connectivity index is 1.79. The number of hydrogen-bond donors (Lipinski definition) is 3. The second-order valence-electron chi connectivity index (χ2n) is 9.09. The van der Waals surface area contributed by atoms with Gasteiger partial charge in [0.05, 0.1) is 16.5 Å². The molecule has 0 atom stereocenters. The number of carbonyl (C=O) groups is 1. The van der Waals surface area contributed by atoms with Crippen LogP contribution in [0.4, 0.5) is 17.1 Å². The number of nitrogens with zero attached hydrogens (tertiary/aromatic N) is 1. The molecule has 0 saturated heterocycles. The van der Waals surface area contributed by atoms with Gasteiger partial charge in [0.25, 0.3) is 5.91 Å². The Bertz CT molecular complexity index is 1360. The van der Waals surface area contributed by atoms with Gasteiger partial charge in [-0.3, -0.25) is 9.52 Å². The van der Waals surface area contributed by atoms with Crippen molar-refractivity contribution in [2.45, 2.75) is 25.6 Å². The van der Waals surface area contributed by atoms with Gasteiger partial charge in [-0.1, -0.05) is 42.5 Å². The summed E-state index contributed by atoms with van der Waals surface area (Å²) in [6.45, 7) is 4.07. The van der Waals surface area contributed by atoms with Gasteiger partial charge >= 0.3 is 0 Å². The van der Waals surface area contributed by atoms with E-state index in [4.69, 9.17) is 0 Å². The Morgan fingerprint density at radius 1 is 0.943 bits per heavy atom. The van der Waals surface area contributed by atoms with E-state index < -0.39 is 15.3 Å². The number of hydrogen-bond acceptors (Lipinski definition) is 5. The summed E-state index contributed by atoms with van der Waals surface area (Å²) in [5.41, 5.74) is 5.64. The zero-order chi connectivity index (χ0) is 25.2. The number of rotatable bonds is 8. The van der Waals surface area contributed by atoms with E-state index in [1.165, 1.54) is 5.56 Å². The summed E-state index contributed by atoms with van der Waals surface area (Å²) >= 11 is 0. The van der Waals surface area contributed by atoms with Gasteiger partial charge in [0.2, 0.25) is 10.0 Å². The molecule has 182 valence electrons. The van der Waals surface area contributed by atoms with Crippen molar-refractivity contribution >= 4 is 44.3 Å². The maximum Gasteiger partial charge on any atom is 0.258 e. The first-order valence-corrected chi connectivity index (χ1v) is 13.0. The zero-order valence-electron chi connectivity index (χ0n) is 20.3. The smallest absolute Gasteiger partial charge is 0.258 e. The lowest BCUT2D eigenvalue weighted by atomic mass is 9.99. The first kappa shape index (κ1) is 24.5. The van der Waals surface area contributed by atoms with Crippen LogP contribution in [-0.2, 0) is 21.4 Å². The van der Waals surface area contributed by atoms with E-state index in [1.807, 2.05) is 56.6 Å². The van der Waals surface area contributed by atoms with E-state index in [1.54, 1.807) is 32.0 Å². The average Bonchev–Trinajstić information content (AvgIpc) is 3.13. The molecule has 3 aromatic rings. The topological polar surface area (TPSA) is 90.5 Å². The van der Waals surface area contributed by atoms with Gasteiger partial charge in [0, 0.05) is 29.2 Å². The van der Waals surface area contributed by atoms with Crippen LogP contribution in [0, 0.1) is 0 Å². The van der Waals surface area contributed by atoms with Crippen molar-refractivity contribution in [3.63, 3.8) is 0 Å². The molecule has 0 radical (unpaired) electrons. The SMILES string of the molecule is CC(C)S(=O)(=O)Nc1ccc2c(c1)/C(=C(/Nc1ccc(CN(C)C)cc1)c1ccccc1)C(=O)N2. The number of nitrogens with one attached hydrogen (secondary N) is 3. The van der Waals surface area contributed by atoms with Crippen molar-refractivity contribution in [3.8, 4) is 0 Å². The second kappa shape index (κ2) is 9.93. The summed E-state index contributed by atoms with van der Waals surface area (Å²) < 4.78 is 27.5. The lowest BCUT2D eigenvalue weighted by Crippen LogP contribution is -2.22. The predicted octanol–water partition coefficient (Wildman–Crippen LogP) is 4.83. The zero-order valence-corrected chi connectivity index (χ0v) is 21.1. The van der Waals surface area contributed by atoms with E-state index >= 15 is 0 Å². The quantitative estimate of drug-likeness (QED) is 0.394. The molecule has 3 N–H and O–H groups in total. The maximum absolute atomic E-state index is 13.2. The summed E-state index contributed by atoms with van der Waals surface area (Å²) in [5.74, 6) is -0.251. The highest BCUT2D eigenvalue weighted by Crippen LogP contribution is 2.39. The van der Waals surface area contributed by atoms with Gasteiger partial charge in [-0.2, -0.15) is 0 Å². The molecule has 1 heterocycles. The maximum atomic E-state index is 13.2. The largest absolute Gasteiger partial charge is 0.354 e. The van der Waals surface area contributed by atoms with Crippen LogP contribution in [0.15, 0.2) is 72.8 Å². The molecule has 0 bridgehead atoms. The molecule has 0 saturated carbocycles. The highest BCUT2D eigenvalue weighted by Gasteiger charge is 2.29. The average molecular weight is 491 g/mol. The van der Waals surface area contributed by atoms with Crippen LogP contribution >= 0.6 is 0 Å². The molecule has 0 fully saturated rings. The number of benzene rings is 3. The van der Waals surface area contributed by atoms with Gasteiger partial charge in [0.15, 0.2) is 0 Å². The lowest BCUT2D eigenvalue weighted by molar-refractivity contribution is -0.110. The molecule has 0 spiro atoms. The highest BCUT2D eigenvalue weighted by atomic mass is 32.2. The van der Waals surface area contributed by atoms with Crippen LogP contribution in [0.25, 0.3) is 11.3 Å². The molecule has 3 aromatic carbocycles. The number of sulfonamides is 1. The molecule has 35 heavy (non-hydrogen) atoms. The molecular formula is C27H30N4O3S. The van der Waals surface area contributed by atoms with Crippen molar-refractivity contribution in [2.24, 2.45) is 0 Å². The fourth-order valence-corrected chi connectivity index (χ4v) is 4.54. The molecule has 4 rings (SSSR count). The Kier molecular flexibility index (Phi) is 6.95. The molecule has 0 unspecified atom stereocenters. The van der Waals surface area contributed by atoms with Crippen LogP contribution in [0.1, 0.15) is 30.5 Å². The van der Waals surface area contributed by atoms with Crippen molar-refractivity contribution in [1.29, 1.82) is 0 Å². The number of anilines is 3. The lowest BCUT2D eigenvalue weighted by Gasteiger charge is -2.16. The fraction of sp³-hybridized carbons (Fsp3) is 0.222. The first-order valence-electron chi connectivity index (χ1n) is 11.4. The third-order valence-electron chi connectivity index (χ3n) is 5.68. The number of fused-ring (bicyclic) bond motifs is 1. The molecule has 1 amide bonds. The van der Waals surface area contributed by atoms with E-state index in [2.05, 4.69) is 32.4 Å². The van der Waals surface area contributed by atoms with Gasteiger partial charge in [-0.25, -0.2) is 8.42 Å². The molecular weight excluding hydrogens is 460 g/mol. The number of amides is 1. The van der Waals surface area contributed by atoms with E-state index in [0.717, 1.165) is 17.8 Å². The molecule has 7 nitrogen and oxygen atoms in total. The Hall–Kier alpha value is -3.62. The molecule has 0 aliphatic carbocycles. The van der Waals surface area contributed by atoms with Crippen LogP contribution < -0.4 is 15.4 Å². The summed E-state index contributed by atoms with van der Waals surface area (Å²) in [4.78, 5) is 15.3. The fourth-order valence-electron chi connectivity index (χ4n) is 3.85. The summed E-state index contributed by atoms with van der Waals surface area (Å²) in [6.07, 6.45) is 0. The standard InChI is InChI=1S/C27H30N4O3S/c1-18(2)35(33,34)30-22-14-15-24-23(16-22)25(27(32)29-24)26(20-8-6-5-7-9-20)28-21-12-10-19(11-13-21)17-31(3)4/h5-16,18,28,30H,17H2,1-4H3,(H,29,32)/b26-25-. The minimum atomic E-state index is -3.52. The first-order chi connectivity index (χ1) is 16.6. The Labute approximate surface area is 206 Å². The van der Waals surface area contributed by atoms with Crippen molar-refractivity contribution in [3.05, 3.63) is 89.5 Å². The van der Waals surface area contributed by atoms with Gasteiger partial charge in [-0.05, 0) is 69.4 Å². The van der Waals surface area contributed by atoms with Crippen LogP contribution in [0.2, 0.25) is 0 Å². The van der Waals surface area contributed by atoms with Crippen molar-refractivity contribution in [1.82, 2.24) is 4.90 Å². The van der Waals surface area contributed by atoms with Crippen LogP contribution in [0.3, 0.4) is 0 Å². The van der Waals surface area contributed by atoms with E-state index in [9.17, 15) is 13.2 Å². The monoisotopic (exact) mass is 490 g/mol. The summed E-state index contributed by atoms with van der Waals surface area (Å²) in [7, 11) is 0.523. The minimum Gasteiger partial charge on any atom is -0.354 e. The van der Waals surface area contributed by atoms with E-state index in [-0.39, 0.29) is 5.91 Å². The van der Waals surface area contributed by atoms with Gasteiger partial charge in [0.1, 0.15) is 0 Å². The van der Waals surface area contributed by atoms with Gasteiger partial charge in [-0.15, -0.1) is 0 Å². The van der Waals surface area contributed by atoms with Crippen molar-refractivity contribution in [2.75, 3.05) is 29.5 Å². The van der Waals surface area contributed by atoms with Crippen LogP contribution in [0.5, 0.6) is 0 Å². The third kappa shape index (κ3) is 5.55. The summed E-state index contributed by atoms with van der Waals surface area (Å²) in [6, 6.07) is 22.8. The van der Waals surface area contributed by atoms with Crippen LogP contribution in [-0.4, -0.2) is 38.6 Å². The molecule has 8 heteroatoms. The second-order valence-corrected chi connectivity index (χ2v) is 11.3. The van der Waals surface area contributed by atoms with Crippen molar-refractivity contribution < 1.29 is 13.2 Å². The Morgan fingerprint density at radius 3 is 2.23 bits per heavy atom.